The first-order valence-electron chi connectivity index (χ1n) is 10.8. The van der Waals surface area contributed by atoms with Crippen molar-refractivity contribution in [1.82, 2.24) is 10.6 Å². The zero-order chi connectivity index (χ0) is 22.3. The Hall–Kier alpha value is -1.06. The van der Waals surface area contributed by atoms with Crippen molar-refractivity contribution >= 4 is 11.7 Å². The SMILES string of the molecule is CCC(C)(C)NCCOCCOCC(=O)C(C)(CC)N[C@@H](CCCCN)C(N)=O. The number of nitrogens with one attached hydrogen (secondary N) is 2. The molecule has 1 unspecified atom stereocenters. The van der Waals surface area contributed by atoms with E-state index in [0.717, 1.165) is 25.8 Å². The highest BCUT2D eigenvalue weighted by atomic mass is 16.5. The summed E-state index contributed by atoms with van der Waals surface area (Å²) in [5.74, 6) is -0.555. The molecule has 2 atom stereocenters. The second-order valence-corrected chi connectivity index (χ2v) is 8.32. The Morgan fingerprint density at radius 3 is 2.21 bits per heavy atom. The Morgan fingerprint density at radius 2 is 1.66 bits per heavy atom. The predicted octanol–water partition coefficient (Wildman–Crippen LogP) is 1.11. The molecule has 8 nitrogen and oxygen atoms in total. The molecule has 0 bridgehead atoms. The number of Topliss-reactive ketones (excluding diaryl/α,β-unsaturated/α-hetero) is 1. The first kappa shape index (κ1) is 27.9. The van der Waals surface area contributed by atoms with E-state index in [2.05, 4.69) is 31.4 Å². The summed E-state index contributed by atoms with van der Waals surface area (Å²) >= 11 is 0. The van der Waals surface area contributed by atoms with Crippen molar-refractivity contribution in [3.63, 3.8) is 0 Å². The van der Waals surface area contributed by atoms with Crippen molar-refractivity contribution in [2.24, 2.45) is 11.5 Å². The third-order valence-electron chi connectivity index (χ3n) is 5.44. The smallest absolute Gasteiger partial charge is 0.234 e. The van der Waals surface area contributed by atoms with Crippen LogP contribution in [0.25, 0.3) is 0 Å². The molecule has 0 aliphatic carbocycles. The zero-order valence-electron chi connectivity index (χ0n) is 19.1. The van der Waals surface area contributed by atoms with Gasteiger partial charge in [-0.1, -0.05) is 20.3 Å². The molecule has 172 valence electrons. The molecular formula is C21H44N4O4. The molecular weight excluding hydrogens is 372 g/mol. The van der Waals surface area contributed by atoms with E-state index < -0.39 is 17.5 Å². The molecule has 0 rings (SSSR count). The summed E-state index contributed by atoms with van der Waals surface area (Å²) in [6.45, 7) is 12.8. The highest BCUT2D eigenvalue weighted by Gasteiger charge is 2.34. The molecule has 0 aromatic rings. The van der Waals surface area contributed by atoms with Crippen LogP contribution in [0.1, 0.15) is 66.7 Å². The maximum atomic E-state index is 12.7. The van der Waals surface area contributed by atoms with Gasteiger partial charge in [0.05, 0.1) is 31.4 Å². The summed E-state index contributed by atoms with van der Waals surface area (Å²) in [5.41, 5.74) is 10.2. The molecule has 0 radical (unpaired) electrons. The Labute approximate surface area is 176 Å². The number of primary amides is 1. The van der Waals surface area contributed by atoms with Crippen LogP contribution in [0.3, 0.4) is 0 Å². The summed E-state index contributed by atoms with van der Waals surface area (Å²) in [4.78, 5) is 24.4. The van der Waals surface area contributed by atoms with Crippen LogP contribution in [-0.4, -0.2) is 68.3 Å². The minimum atomic E-state index is -0.862. The maximum absolute atomic E-state index is 12.7. The third-order valence-corrected chi connectivity index (χ3v) is 5.44. The molecule has 1 amide bonds. The van der Waals surface area contributed by atoms with E-state index in [4.69, 9.17) is 20.9 Å². The first-order chi connectivity index (χ1) is 13.6. The Balaban J connectivity index is 4.24. The molecule has 0 spiro atoms. The fourth-order valence-corrected chi connectivity index (χ4v) is 2.67. The van der Waals surface area contributed by atoms with Crippen molar-refractivity contribution in [2.45, 2.75) is 83.8 Å². The van der Waals surface area contributed by atoms with Gasteiger partial charge in [0.25, 0.3) is 0 Å². The van der Waals surface area contributed by atoms with Crippen LogP contribution < -0.4 is 22.1 Å². The fourth-order valence-electron chi connectivity index (χ4n) is 2.67. The molecule has 0 fully saturated rings. The first-order valence-corrected chi connectivity index (χ1v) is 10.8. The molecule has 0 heterocycles. The van der Waals surface area contributed by atoms with Gasteiger partial charge in [-0.25, -0.2) is 0 Å². The molecule has 0 saturated carbocycles. The van der Waals surface area contributed by atoms with Crippen LogP contribution in [0.2, 0.25) is 0 Å². The Morgan fingerprint density at radius 1 is 1.00 bits per heavy atom. The quantitative estimate of drug-likeness (QED) is 0.232. The number of carbonyl (C=O) groups excluding carboxylic acids is 2. The number of ketones is 1. The summed E-state index contributed by atoms with van der Waals surface area (Å²) in [6.07, 6.45) is 3.74. The van der Waals surface area contributed by atoms with Crippen LogP contribution in [0.15, 0.2) is 0 Å². The van der Waals surface area contributed by atoms with Crippen LogP contribution >= 0.6 is 0 Å². The van der Waals surface area contributed by atoms with Gasteiger partial charge in [-0.15, -0.1) is 0 Å². The lowest BCUT2D eigenvalue weighted by atomic mass is 9.91. The number of hydrogen-bond acceptors (Lipinski definition) is 7. The van der Waals surface area contributed by atoms with Crippen LogP contribution in [0.5, 0.6) is 0 Å². The molecule has 0 aliphatic heterocycles. The van der Waals surface area contributed by atoms with E-state index in [1.807, 2.05) is 6.92 Å². The maximum Gasteiger partial charge on any atom is 0.234 e. The van der Waals surface area contributed by atoms with E-state index >= 15 is 0 Å². The van der Waals surface area contributed by atoms with Gasteiger partial charge in [-0.05, 0) is 53.0 Å². The standard InChI is InChI=1S/C21H44N4O4/c1-6-20(3,4)24-12-13-28-14-15-29-16-18(26)21(5,7-2)25-17(19(23)27)10-8-9-11-22/h17,24-25H,6-16,22H2,1-5H3,(H2,23,27)/t17-,21?/m0/s1. The summed E-state index contributed by atoms with van der Waals surface area (Å²) in [6, 6.07) is -0.557. The zero-order valence-corrected chi connectivity index (χ0v) is 19.1. The van der Waals surface area contributed by atoms with Crippen LogP contribution in [0.4, 0.5) is 0 Å². The molecule has 0 aromatic heterocycles. The molecule has 0 saturated heterocycles. The second-order valence-electron chi connectivity index (χ2n) is 8.32. The predicted molar refractivity (Wildman–Crippen MR) is 117 cm³/mol. The average molecular weight is 417 g/mol. The molecule has 29 heavy (non-hydrogen) atoms. The molecule has 0 aromatic carbocycles. The van der Waals surface area contributed by atoms with Gasteiger partial charge in [0, 0.05) is 12.1 Å². The number of nitrogens with two attached hydrogens (primary N) is 2. The number of amides is 1. The van der Waals surface area contributed by atoms with Gasteiger partial charge in [0.15, 0.2) is 5.78 Å². The third kappa shape index (κ3) is 12.3. The van der Waals surface area contributed by atoms with E-state index in [1.165, 1.54) is 0 Å². The van der Waals surface area contributed by atoms with E-state index in [-0.39, 0.29) is 17.9 Å². The van der Waals surface area contributed by atoms with E-state index in [1.54, 1.807) is 6.92 Å². The highest BCUT2D eigenvalue weighted by molar-refractivity contribution is 5.90. The van der Waals surface area contributed by atoms with Crippen molar-refractivity contribution in [2.75, 3.05) is 39.5 Å². The van der Waals surface area contributed by atoms with Crippen LogP contribution in [0, 0.1) is 0 Å². The van der Waals surface area contributed by atoms with Gasteiger partial charge in [0.1, 0.15) is 6.61 Å². The van der Waals surface area contributed by atoms with Crippen molar-refractivity contribution in [1.29, 1.82) is 0 Å². The lowest BCUT2D eigenvalue weighted by Crippen LogP contribution is -2.58. The number of ether oxygens (including phenoxy) is 2. The number of rotatable bonds is 19. The molecule has 0 aliphatic rings. The van der Waals surface area contributed by atoms with Crippen molar-refractivity contribution < 1.29 is 19.1 Å². The Kier molecular flexibility index (Phi) is 14.3. The van der Waals surface area contributed by atoms with Gasteiger partial charge in [0.2, 0.25) is 5.91 Å². The normalized spacial score (nSPS) is 15.1. The minimum Gasteiger partial charge on any atom is -0.378 e. The molecule has 6 N–H and O–H groups in total. The van der Waals surface area contributed by atoms with E-state index in [9.17, 15) is 9.59 Å². The lowest BCUT2D eigenvalue weighted by Gasteiger charge is -2.32. The van der Waals surface area contributed by atoms with Crippen molar-refractivity contribution in [3.05, 3.63) is 0 Å². The van der Waals surface area contributed by atoms with Crippen LogP contribution in [-0.2, 0) is 19.1 Å². The average Bonchev–Trinajstić information content (AvgIpc) is 2.68. The van der Waals surface area contributed by atoms with Gasteiger partial charge in [-0.2, -0.15) is 0 Å². The summed E-state index contributed by atoms with van der Waals surface area (Å²) in [7, 11) is 0. The van der Waals surface area contributed by atoms with Gasteiger partial charge < -0.3 is 26.3 Å². The lowest BCUT2D eigenvalue weighted by molar-refractivity contribution is -0.131. The van der Waals surface area contributed by atoms with Gasteiger partial charge in [-0.3, -0.25) is 14.9 Å². The number of carbonyl (C=O) groups is 2. The largest absolute Gasteiger partial charge is 0.378 e. The molecule has 8 heteroatoms. The minimum absolute atomic E-state index is 0.0316. The van der Waals surface area contributed by atoms with E-state index in [0.29, 0.717) is 39.2 Å². The fraction of sp³-hybridized carbons (Fsp3) is 0.905. The second kappa shape index (κ2) is 14.8. The Bertz CT molecular complexity index is 474. The van der Waals surface area contributed by atoms with Gasteiger partial charge >= 0.3 is 0 Å². The summed E-state index contributed by atoms with van der Waals surface area (Å²) < 4.78 is 11.0. The topological polar surface area (TPSA) is 129 Å². The summed E-state index contributed by atoms with van der Waals surface area (Å²) in [5, 5.41) is 6.56. The number of hydrogen-bond donors (Lipinski definition) is 4. The number of unbranched alkanes of at least 4 members (excludes halogenated alkanes) is 1. The highest BCUT2D eigenvalue weighted by Crippen LogP contribution is 2.15. The monoisotopic (exact) mass is 416 g/mol. The van der Waals surface area contributed by atoms with Crippen molar-refractivity contribution in [3.8, 4) is 0 Å².